The van der Waals surface area contributed by atoms with Crippen LogP contribution < -0.4 is 11.1 Å². The first-order chi connectivity index (χ1) is 8.06. The summed E-state index contributed by atoms with van der Waals surface area (Å²) < 4.78 is 2.02. The van der Waals surface area contributed by atoms with Crippen LogP contribution in [0, 0.1) is 6.92 Å². The second-order valence-corrected chi connectivity index (χ2v) is 5.61. The maximum Gasteiger partial charge on any atom is 0.0629 e. The Morgan fingerprint density at radius 1 is 1.00 bits per heavy atom. The number of rotatable bonds is 2. The maximum absolute atomic E-state index is 5.92. The Hall–Kier alpha value is -1.00. The SMILES string of the molecule is Cc1ccc(Nc2cc(Br)ccc2N)c(Br)c1. The van der Waals surface area contributed by atoms with Crippen LogP contribution in [0.5, 0.6) is 0 Å². The zero-order valence-corrected chi connectivity index (χ0v) is 12.5. The molecule has 88 valence electrons. The average Bonchev–Trinajstić information content (AvgIpc) is 2.27. The Kier molecular flexibility index (Phi) is 3.74. The van der Waals surface area contributed by atoms with Crippen molar-refractivity contribution in [2.75, 3.05) is 11.1 Å². The van der Waals surface area contributed by atoms with Crippen LogP contribution in [0.1, 0.15) is 5.56 Å². The number of benzene rings is 2. The largest absolute Gasteiger partial charge is 0.397 e. The number of nitrogens with one attached hydrogen (secondary N) is 1. The van der Waals surface area contributed by atoms with Gasteiger partial charge in [-0.1, -0.05) is 22.0 Å². The van der Waals surface area contributed by atoms with Crippen LogP contribution in [0.25, 0.3) is 0 Å². The van der Waals surface area contributed by atoms with E-state index in [0.717, 1.165) is 26.0 Å². The fourth-order valence-electron chi connectivity index (χ4n) is 1.50. The van der Waals surface area contributed by atoms with Crippen LogP contribution in [0.2, 0.25) is 0 Å². The molecule has 0 aromatic heterocycles. The number of hydrogen-bond donors (Lipinski definition) is 2. The molecule has 0 aliphatic heterocycles. The second kappa shape index (κ2) is 5.10. The van der Waals surface area contributed by atoms with E-state index in [1.54, 1.807) is 0 Å². The van der Waals surface area contributed by atoms with E-state index in [2.05, 4.69) is 56.2 Å². The number of anilines is 3. The first-order valence-corrected chi connectivity index (χ1v) is 6.73. The molecule has 0 unspecified atom stereocenters. The van der Waals surface area contributed by atoms with Crippen molar-refractivity contribution in [3.63, 3.8) is 0 Å². The summed E-state index contributed by atoms with van der Waals surface area (Å²) in [5.74, 6) is 0. The predicted octanol–water partition coefficient (Wildman–Crippen LogP) is 4.85. The second-order valence-electron chi connectivity index (χ2n) is 3.84. The highest BCUT2D eigenvalue weighted by Gasteiger charge is 2.04. The number of aryl methyl sites for hydroxylation is 1. The highest BCUT2D eigenvalue weighted by molar-refractivity contribution is 9.10. The van der Waals surface area contributed by atoms with Crippen LogP contribution in [-0.2, 0) is 0 Å². The van der Waals surface area contributed by atoms with Crippen molar-refractivity contribution in [1.82, 2.24) is 0 Å². The molecule has 0 saturated heterocycles. The zero-order valence-electron chi connectivity index (χ0n) is 9.30. The molecule has 4 heteroatoms. The zero-order chi connectivity index (χ0) is 12.4. The molecule has 0 atom stereocenters. The predicted molar refractivity (Wildman–Crippen MR) is 80.7 cm³/mol. The summed E-state index contributed by atoms with van der Waals surface area (Å²) in [7, 11) is 0. The fourth-order valence-corrected chi connectivity index (χ4v) is 2.46. The summed E-state index contributed by atoms with van der Waals surface area (Å²) >= 11 is 6.97. The van der Waals surface area contributed by atoms with Gasteiger partial charge in [-0.05, 0) is 58.7 Å². The molecule has 0 bridgehead atoms. The van der Waals surface area contributed by atoms with Crippen molar-refractivity contribution >= 4 is 48.9 Å². The van der Waals surface area contributed by atoms with Gasteiger partial charge in [0.1, 0.15) is 0 Å². The molecule has 0 saturated carbocycles. The average molecular weight is 356 g/mol. The third kappa shape index (κ3) is 3.01. The molecule has 2 nitrogen and oxygen atoms in total. The van der Waals surface area contributed by atoms with E-state index in [4.69, 9.17) is 5.73 Å². The molecular formula is C13H12Br2N2. The van der Waals surface area contributed by atoms with Crippen molar-refractivity contribution in [2.24, 2.45) is 0 Å². The van der Waals surface area contributed by atoms with Crippen molar-refractivity contribution < 1.29 is 0 Å². The molecule has 0 radical (unpaired) electrons. The molecule has 17 heavy (non-hydrogen) atoms. The molecule has 2 rings (SSSR count). The van der Waals surface area contributed by atoms with Gasteiger partial charge in [-0.25, -0.2) is 0 Å². The lowest BCUT2D eigenvalue weighted by Crippen LogP contribution is -1.97. The summed E-state index contributed by atoms with van der Waals surface area (Å²) in [5, 5.41) is 3.31. The lowest BCUT2D eigenvalue weighted by molar-refractivity contribution is 1.43. The Labute approximate surface area is 117 Å². The van der Waals surface area contributed by atoms with Crippen molar-refractivity contribution in [3.8, 4) is 0 Å². The van der Waals surface area contributed by atoms with E-state index >= 15 is 0 Å². The summed E-state index contributed by atoms with van der Waals surface area (Å²) in [6.45, 7) is 2.06. The highest BCUT2D eigenvalue weighted by Crippen LogP contribution is 2.31. The minimum Gasteiger partial charge on any atom is -0.397 e. The Balaban J connectivity index is 2.34. The van der Waals surface area contributed by atoms with E-state index in [0.29, 0.717) is 0 Å². The van der Waals surface area contributed by atoms with E-state index in [9.17, 15) is 0 Å². The molecule has 2 aromatic rings. The van der Waals surface area contributed by atoms with E-state index < -0.39 is 0 Å². The van der Waals surface area contributed by atoms with Crippen LogP contribution >= 0.6 is 31.9 Å². The lowest BCUT2D eigenvalue weighted by atomic mass is 10.2. The normalized spacial score (nSPS) is 10.3. The molecule has 3 N–H and O–H groups in total. The minimum absolute atomic E-state index is 0.723. The summed E-state index contributed by atoms with van der Waals surface area (Å²) in [6, 6.07) is 11.9. The van der Waals surface area contributed by atoms with Gasteiger partial charge >= 0.3 is 0 Å². The number of nitrogen functional groups attached to an aromatic ring is 1. The lowest BCUT2D eigenvalue weighted by Gasteiger charge is -2.11. The smallest absolute Gasteiger partial charge is 0.0629 e. The molecule has 0 aliphatic carbocycles. The van der Waals surface area contributed by atoms with Crippen LogP contribution in [0.15, 0.2) is 45.3 Å². The van der Waals surface area contributed by atoms with Gasteiger partial charge in [-0.15, -0.1) is 0 Å². The van der Waals surface area contributed by atoms with Crippen LogP contribution in [0.4, 0.5) is 17.1 Å². The third-order valence-electron chi connectivity index (χ3n) is 2.41. The van der Waals surface area contributed by atoms with Gasteiger partial charge in [0, 0.05) is 8.95 Å². The standard InChI is InChI=1S/C13H12Br2N2/c1-8-2-5-12(10(15)6-8)17-13-7-9(14)3-4-11(13)16/h2-7,17H,16H2,1H3. The van der Waals surface area contributed by atoms with Crippen molar-refractivity contribution in [1.29, 1.82) is 0 Å². The summed E-state index contributed by atoms with van der Waals surface area (Å²) in [4.78, 5) is 0. The van der Waals surface area contributed by atoms with Gasteiger partial charge in [0.15, 0.2) is 0 Å². The van der Waals surface area contributed by atoms with E-state index in [1.807, 2.05) is 24.3 Å². The molecule has 0 amide bonds. The van der Waals surface area contributed by atoms with E-state index in [-0.39, 0.29) is 0 Å². The first-order valence-electron chi connectivity index (χ1n) is 5.14. The van der Waals surface area contributed by atoms with Crippen molar-refractivity contribution in [2.45, 2.75) is 6.92 Å². The molecule has 0 aliphatic rings. The molecule has 0 spiro atoms. The van der Waals surface area contributed by atoms with E-state index in [1.165, 1.54) is 5.56 Å². The first kappa shape index (κ1) is 12.5. The Morgan fingerprint density at radius 3 is 2.47 bits per heavy atom. The van der Waals surface area contributed by atoms with Gasteiger partial charge in [0.2, 0.25) is 0 Å². The van der Waals surface area contributed by atoms with Gasteiger partial charge in [-0.2, -0.15) is 0 Å². The summed E-state index contributed by atoms with van der Waals surface area (Å²) in [6.07, 6.45) is 0. The minimum atomic E-state index is 0.723. The van der Waals surface area contributed by atoms with Crippen LogP contribution in [-0.4, -0.2) is 0 Å². The fraction of sp³-hybridized carbons (Fsp3) is 0.0769. The molecular weight excluding hydrogens is 344 g/mol. The Morgan fingerprint density at radius 2 is 1.76 bits per heavy atom. The summed E-state index contributed by atoms with van der Waals surface area (Å²) in [5.41, 5.74) is 9.75. The van der Waals surface area contributed by atoms with Gasteiger partial charge in [0.05, 0.1) is 17.1 Å². The number of nitrogens with two attached hydrogens (primary N) is 1. The van der Waals surface area contributed by atoms with Crippen molar-refractivity contribution in [3.05, 3.63) is 50.9 Å². The third-order valence-corrected chi connectivity index (χ3v) is 3.56. The topological polar surface area (TPSA) is 38.0 Å². The maximum atomic E-state index is 5.92. The van der Waals surface area contributed by atoms with Gasteiger partial charge in [-0.3, -0.25) is 0 Å². The molecule has 2 aromatic carbocycles. The van der Waals surface area contributed by atoms with Gasteiger partial charge in [0.25, 0.3) is 0 Å². The quantitative estimate of drug-likeness (QED) is 0.756. The molecule has 0 fully saturated rings. The monoisotopic (exact) mass is 354 g/mol. The molecule has 0 heterocycles. The Bertz CT molecular complexity index is 553. The van der Waals surface area contributed by atoms with Crippen LogP contribution in [0.3, 0.4) is 0 Å². The van der Waals surface area contributed by atoms with Gasteiger partial charge < -0.3 is 11.1 Å². The number of hydrogen-bond acceptors (Lipinski definition) is 2. The number of halogens is 2. The highest BCUT2D eigenvalue weighted by atomic mass is 79.9.